The lowest BCUT2D eigenvalue weighted by Gasteiger charge is -1.98. The Morgan fingerprint density at radius 2 is 1.75 bits per heavy atom. The predicted molar refractivity (Wildman–Crippen MR) is 51.0 cm³/mol. The van der Waals surface area contributed by atoms with Gasteiger partial charge in [0.2, 0.25) is 0 Å². The number of hydrogen-bond acceptors (Lipinski definition) is 0. The van der Waals surface area contributed by atoms with Crippen LogP contribution in [-0.2, 0) is 6.54 Å². The van der Waals surface area contributed by atoms with Crippen LogP contribution in [0, 0.1) is 13.8 Å². The molecule has 0 bridgehead atoms. The van der Waals surface area contributed by atoms with Gasteiger partial charge in [-0.1, -0.05) is 13.3 Å². The highest BCUT2D eigenvalue weighted by Gasteiger charge is 2.00. The standard InChI is InChI=1S/C11H18N/c1-4-5-6-12-8-10(2)7-11(3)9-12/h7-9H,4-6H2,1-3H3/q+1. The molecule has 1 nitrogen and oxygen atoms in total. The molecular weight excluding hydrogens is 146 g/mol. The molecule has 1 rings (SSSR count). The molecule has 0 N–H and O–H groups in total. The number of aromatic nitrogens is 1. The van der Waals surface area contributed by atoms with Gasteiger partial charge in [0.1, 0.15) is 6.54 Å². The fourth-order valence-electron chi connectivity index (χ4n) is 1.46. The SMILES string of the molecule is CCCC[n+]1cc(C)cc(C)c1. The van der Waals surface area contributed by atoms with Crippen molar-refractivity contribution in [1.82, 2.24) is 0 Å². The van der Waals surface area contributed by atoms with Crippen molar-refractivity contribution < 1.29 is 4.57 Å². The molecule has 0 aliphatic heterocycles. The molecule has 0 aliphatic carbocycles. The first kappa shape index (κ1) is 9.24. The number of rotatable bonds is 3. The van der Waals surface area contributed by atoms with Gasteiger partial charge in [0.05, 0.1) is 0 Å². The second-order valence-electron chi connectivity index (χ2n) is 3.48. The van der Waals surface area contributed by atoms with Gasteiger partial charge in [-0.15, -0.1) is 0 Å². The zero-order valence-electron chi connectivity index (χ0n) is 8.30. The molecule has 0 saturated heterocycles. The maximum absolute atomic E-state index is 2.29. The largest absolute Gasteiger partial charge is 0.205 e. The van der Waals surface area contributed by atoms with E-state index in [1.165, 1.54) is 24.0 Å². The molecule has 0 radical (unpaired) electrons. The van der Waals surface area contributed by atoms with E-state index in [9.17, 15) is 0 Å². The summed E-state index contributed by atoms with van der Waals surface area (Å²) in [5, 5.41) is 0. The average molecular weight is 164 g/mol. The molecule has 0 saturated carbocycles. The molecule has 0 atom stereocenters. The van der Waals surface area contributed by atoms with E-state index >= 15 is 0 Å². The van der Waals surface area contributed by atoms with Crippen molar-refractivity contribution >= 4 is 0 Å². The lowest BCUT2D eigenvalue weighted by molar-refractivity contribution is -0.698. The third-order valence-electron chi connectivity index (χ3n) is 1.96. The Balaban J connectivity index is 2.72. The van der Waals surface area contributed by atoms with E-state index in [1.54, 1.807) is 0 Å². The molecule has 1 heteroatoms. The molecule has 1 heterocycles. The first-order chi connectivity index (χ1) is 5.72. The summed E-state index contributed by atoms with van der Waals surface area (Å²) in [6, 6.07) is 2.21. The number of aryl methyl sites for hydroxylation is 3. The molecule has 0 aliphatic rings. The average Bonchev–Trinajstić information content (AvgIpc) is 1.99. The van der Waals surface area contributed by atoms with Crippen molar-refractivity contribution in [2.45, 2.75) is 40.2 Å². The normalized spacial score (nSPS) is 10.2. The van der Waals surface area contributed by atoms with E-state index < -0.39 is 0 Å². The van der Waals surface area contributed by atoms with E-state index in [2.05, 4.69) is 43.8 Å². The lowest BCUT2D eigenvalue weighted by Crippen LogP contribution is -2.33. The topological polar surface area (TPSA) is 3.88 Å². The van der Waals surface area contributed by atoms with Crippen LogP contribution in [0.3, 0.4) is 0 Å². The Kier molecular flexibility index (Phi) is 3.27. The fourth-order valence-corrected chi connectivity index (χ4v) is 1.46. The summed E-state index contributed by atoms with van der Waals surface area (Å²) < 4.78 is 2.29. The van der Waals surface area contributed by atoms with E-state index in [4.69, 9.17) is 0 Å². The van der Waals surface area contributed by atoms with Crippen LogP contribution in [0.1, 0.15) is 30.9 Å². The maximum atomic E-state index is 2.29. The molecule has 0 aromatic carbocycles. The molecule has 0 unspecified atom stereocenters. The van der Waals surface area contributed by atoms with E-state index in [-0.39, 0.29) is 0 Å². The minimum absolute atomic E-state index is 1.15. The van der Waals surface area contributed by atoms with Crippen LogP contribution in [-0.4, -0.2) is 0 Å². The van der Waals surface area contributed by atoms with Gasteiger partial charge in [0, 0.05) is 17.5 Å². The van der Waals surface area contributed by atoms with Crippen molar-refractivity contribution in [2.24, 2.45) is 0 Å². The summed E-state index contributed by atoms with van der Waals surface area (Å²) in [5.41, 5.74) is 2.71. The Morgan fingerprint density at radius 3 is 2.25 bits per heavy atom. The highest BCUT2D eigenvalue weighted by Crippen LogP contribution is 1.97. The van der Waals surface area contributed by atoms with Crippen molar-refractivity contribution in [1.29, 1.82) is 0 Å². The molecule has 12 heavy (non-hydrogen) atoms. The molecule has 66 valence electrons. The van der Waals surface area contributed by atoms with Crippen molar-refractivity contribution in [3.63, 3.8) is 0 Å². The molecular formula is C11H18N+. The first-order valence-electron chi connectivity index (χ1n) is 4.69. The monoisotopic (exact) mass is 164 g/mol. The number of nitrogens with zero attached hydrogens (tertiary/aromatic N) is 1. The number of hydrogen-bond donors (Lipinski definition) is 0. The fraction of sp³-hybridized carbons (Fsp3) is 0.545. The summed E-state index contributed by atoms with van der Waals surface area (Å²) in [5.74, 6) is 0. The van der Waals surface area contributed by atoms with Crippen LogP contribution in [0.2, 0.25) is 0 Å². The Labute approximate surface area is 75.1 Å². The summed E-state index contributed by atoms with van der Waals surface area (Å²) >= 11 is 0. The first-order valence-corrected chi connectivity index (χ1v) is 4.69. The maximum Gasteiger partial charge on any atom is 0.171 e. The van der Waals surface area contributed by atoms with Crippen LogP contribution >= 0.6 is 0 Å². The zero-order chi connectivity index (χ0) is 8.97. The smallest absolute Gasteiger partial charge is 0.171 e. The zero-order valence-corrected chi connectivity index (χ0v) is 8.30. The van der Waals surface area contributed by atoms with Crippen LogP contribution < -0.4 is 4.57 Å². The molecule has 0 amide bonds. The minimum Gasteiger partial charge on any atom is -0.205 e. The third kappa shape index (κ3) is 2.65. The van der Waals surface area contributed by atoms with Gasteiger partial charge in [-0.25, -0.2) is 4.57 Å². The lowest BCUT2D eigenvalue weighted by atomic mass is 10.2. The van der Waals surface area contributed by atoms with Gasteiger partial charge in [0.15, 0.2) is 12.4 Å². The third-order valence-corrected chi connectivity index (χ3v) is 1.96. The highest BCUT2D eigenvalue weighted by atomic mass is 14.9. The van der Waals surface area contributed by atoms with Gasteiger partial charge >= 0.3 is 0 Å². The summed E-state index contributed by atoms with van der Waals surface area (Å²) in [6.45, 7) is 7.67. The summed E-state index contributed by atoms with van der Waals surface area (Å²) in [7, 11) is 0. The van der Waals surface area contributed by atoms with E-state index in [1.807, 2.05) is 0 Å². The van der Waals surface area contributed by atoms with E-state index in [0.717, 1.165) is 6.54 Å². The van der Waals surface area contributed by atoms with Gasteiger partial charge in [-0.2, -0.15) is 0 Å². The van der Waals surface area contributed by atoms with Crippen LogP contribution in [0.4, 0.5) is 0 Å². The quantitative estimate of drug-likeness (QED) is 0.604. The van der Waals surface area contributed by atoms with Gasteiger partial charge in [-0.3, -0.25) is 0 Å². The van der Waals surface area contributed by atoms with Crippen LogP contribution in [0.15, 0.2) is 18.5 Å². The summed E-state index contributed by atoms with van der Waals surface area (Å²) in [4.78, 5) is 0. The summed E-state index contributed by atoms with van der Waals surface area (Å²) in [6.07, 6.45) is 6.96. The molecule has 0 spiro atoms. The van der Waals surface area contributed by atoms with Crippen LogP contribution in [0.25, 0.3) is 0 Å². The minimum atomic E-state index is 1.15. The van der Waals surface area contributed by atoms with Crippen LogP contribution in [0.5, 0.6) is 0 Å². The van der Waals surface area contributed by atoms with E-state index in [0.29, 0.717) is 0 Å². The molecule has 0 fully saturated rings. The number of unbranched alkanes of at least 4 members (excludes halogenated alkanes) is 1. The number of pyridine rings is 1. The second kappa shape index (κ2) is 4.24. The van der Waals surface area contributed by atoms with Gasteiger partial charge in [0.25, 0.3) is 0 Å². The Bertz CT molecular complexity index is 233. The van der Waals surface area contributed by atoms with Gasteiger partial charge in [-0.05, 0) is 19.9 Å². The van der Waals surface area contributed by atoms with Crippen molar-refractivity contribution in [3.05, 3.63) is 29.6 Å². The van der Waals surface area contributed by atoms with Gasteiger partial charge < -0.3 is 0 Å². The Morgan fingerprint density at radius 1 is 1.17 bits per heavy atom. The highest BCUT2D eigenvalue weighted by molar-refractivity contribution is 5.11. The second-order valence-corrected chi connectivity index (χ2v) is 3.48. The molecule has 1 aromatic heterocycles. The van der Waals surface area contributed by atoms with Crippen molar-refractivity contribution in [2.75, 3.05) is 0 Å². The predicted octanol–water partition coefficient (Wildman–Crippen LogP) is 2.39. The van der Waals surface area contributed by atoms with Crippen molar-refractivity contribution in [3.8, 4) is 0 Å². The molecule has 1 aromatic rings. The Hall–Kier alpha value is -0.850.